The average molecular weight is 520 g/mol. The van der Waals surface area contributed by atoms with Gasteiger partial charge < -0.3 is 14.7 Å². The molecule has 3 heterocycles. The largest absolute Gasteiger partial charge is 0.505 e. The van der Waals surface area contributed by atoms with E-state index in [1.54, 1.807) is 18.5 Å². The summed E-state index contributed by atoms with van der Waals surface area (Å²) in [5.41, 5.74) is 2.89. The number of hydrogen-bond donors (Lipinski definition) is 1. The molecule has 4 bridgehead atoms. The fraction of sp³-hybridized carbons (Fsp3) is 0.483. The van der Waals surface area contributed by atoms with E-state index in [-0.39, 0.29) is 17.1 Å². The van der Waals surface area contributed by atoms with Crippen molar-refractivity contribution < 1.29 is 19.0 Å². The summed E-state index contributed by atoms with van der Waals surface area (Å²) in [5, 5.41) is 11.6. The van der Waals surface area contributed by atoms with Crippen molar-refractivity contribution in [2.24, 2.45) is 22.7 Å². The fourth-order valence-corrected chi connectivity index (χ4v) is 8.71. The Bertz CT molecular complexity index is 1300. The molecule has 4 saturated carbocycles. The number of hydrogen-bond acceptors (Lipinski definition) is 6. The van der Waals surface area contributed by atoms with E-state index in [0.29, 0.717) is 46.6 Å². The first-order valence-electron chi connectivity index (χ1n) is 13.3. The average Bonchev–Trinajstić information content (AvgIpc) is 3.25. The van der Waals surface area contributed by atoms with Gasteiger partial charge in [0.1, 0.15) is 0 Å². The Hall–Kier alpha value is -2.71. The van der Waals surface area contributed by atoms with Crippen molar-refractivity contribution in [1.29, 1.82) is 0 Å². The lowest BCUT2D eigenvalue weighted by Gasteiger charge is -2.57. The molecular formula is C29H30FN3O3S. The number of pyridine rings is 1. The van der Waals surface area contributed by atoms with Crippen LogP contribution < -0.4 is 0 Å². The molecule has 4 aliphatic carbocycles. The van der Waals surface area contributed by atoms with Gasteiger partial charge in [0.15, 0.2) is 16.7 Å². The van der Waals surface area contributed by atoms with Crippen molar-refractivity contribution in [2.45, 2.75) is 43.9 Å². The van der Waals surface area contributed by atoms with Crippen LogP contribution in [0.15, 0.2) is 40.5 Å². The molecule has 0 atom stereocenters. The molecule has 6 aliphatic rings. The van der Waals surface area contributed by atoms with Crippen LogP contribution in [-0.4, -0.2) is 52.4 Å². The van der Waals surface area contributed by atoms with Gasteiger partial charge in [0.05, 0.1) is 18.1 Å². The standard InChI is InChI=1S/C29H30FN3O3S/c30-24-11-21(10-23(26(24)34)29-12-17-5-18(13-29)7-19(6-17)14-29)22-8-20(15-31-16-22)9-25-27(35)32-28(37-25)33-1-3-36-4-2-33/h8-11,15-19,34H,1-7,12-14H2/b25-9-. The number of carbonyl (C=O) groups is 1. The number of amides is 1. The summed E-state index contributed by atoms with van der Waals surface area (Å²) < 4.78 is 20.6. The van der Waals surface area contributed by atoms with Crippen molar-refractivity contribution in [3.8, 4) is 16.9 Å². The van der Waals surface area contributed by atoms with E-state index in [0.717, 1.165) is 49.0 Å². The van der Waals surface area contributed by atoms with Crippen LogP contribution in [0, 0.1) is 23.6 Å². The lowest BCUT2D eigenvalue weighted by Crippen LogP contribution is -2.48. The summed E-state index contributed by atoms with van der Waals surface area (Å²) in [6.45, 7) is 2.71. The van der Waals surface area contributed by atoms with Gasteiger partial charge in [0, 0.05) is 36.6 Å². The molecule has 8 heteroatoms. The second-order valence-electron chi connectivity index (χ2n) is 11.5. The van der Waals surface area contributed by atoms with Crippen molar-refractivity contribution >= 4 is 28.9 Å². The number of rotatable bonds is 3. The van der Waals surface area contributed by atoms with Gasteiger partial charge in [0.2, 0.25) is 0 Å². The van der Waals surface area contributed by atoms with E-state index in [1.807, 2.05) is 12.1 Å². The normalized spacial score (nSPS) is 31.9. The van der Waals surface area contributed by atoms with Gasteiger partial charge in [-0.3, -0.25) is 9.78 Å². The maximum Gasteiger partial charge on any atom is 0.286 e. The molecule has 1 N–H and O–H groups in total. The zero-order chi connectivity index (χ0) is 25.1. The van der Waals surface area contributed by atoms with Crippen LogP contribution in [0.1, 0.15) is 49.7 Å². The maximum atomic E-state index is 15.2. The third kappa shape index (κ3) is 4.18. The van der Waals surface area contributed by atoms with Gasteiger partial charge in [-0.2, -0.15) is 4.99 Å². The highest BCUT2D eigenvalue weighted by molar-refractivity contribution is 8.18. The van der Waals surface area contributed by atoms with Gasteiger partial charge in [-0.25, -0.2) is 4.39 Å². The monoisotopic (exact) mass is 519 g/mol. The highest BCUT2D eigenvalue weighted by Crippen LogP contribution is 2.62. The first-order valence-corrected chi connectivity index (χ1v) is 14.1. The van der Waals surface area contributed by atoms with Gasteiger partial charge in [-0.15, -0.1) is 0 Å². The molecule has 6 nitrogen and oxygen atoms in total. The van der Waals surface area contributed by atoms with Crippen LogP contribution in [0.3, 0.4) is 0 Å². The minimum Gasteiger partial charge on any atom is -0.505 e. The minimum absolute atomic E-state index is 0.122. The van der Waals surface area contributed by atoms with Gasteiger partial charge >= 0.3 is 0 Å². The Morgan fingerprint density at radius 2 is 1.73 bits per heavy atom. The summed E-state index contributed by atoms with van der Waals surface area (Å²) in [4.78, 5) is 23.8. The molecule has 1 aromatic carbocycles. The lowest BCUT2D eigenvalue weighted by molar-refractivity contribution is -0.113. The molecule has 1 aromatic heterocycles. The summed E-state index contributed by atoms with van der Waals surface area (Å²) in [5.74, 6) is 1.08. The molecule has 5 fully saturated rings. The third-order valence-electron chi connectivity index (χ3n) is 8.95. The quantitative estimate of drug-likeness (QED) is 0.550. The molecule has 37 heavy (non-hydrogen) atoms. The zero-order valence-corrected chi connectivity index (χ0v) is 21.5. The van der Waals surface area contributed by atoms with Gasteiger partial charge in [-0.05, 0) is 109 Å². The molecule has 0 spiro atoms. The second kappa shape index (κ2) is 8.95. The van der Waals surface area contributed by atoms with E-state index in [9.17, 15) is 9.90 Å². The molecule has 1 saturated heterocycles. The van der Waals surface area contributed by atoms with Crippen molar-refractivity contribution in [3.05, 3.63) is 52.4 Å². The van der Waals surface area contributed by atoms with Crippen molar-refractivity contribution in [1.82, 2.24) is 9.88 Å². The Morgan fingerprint density at radius 3 is 2.43 bits per heavy atom. The van der Waals surface area contributed by atoms with Crippen LogP contribution in [0.5, 0.6) is 5.75 Å². The van der Waals surface area contributed by atoms with E-state index >= 15 is 4.39 Å². The number of carbonyl (C=O) groups excluding carboxylic acids is 1. The third-order valence-corrected chi connectivity index (χ3v) is 10.00. The predicted molar refractivity (Wildman–Crippen MR) is 142 cm³/mol. The Labute approximate surface area is 220 Å². The number of thioether (sulfide) groups is 1. The van der Waals surface area contributed by atoms with Gasteiger partial charge in [-0.1, -0.05) is 0 Å². The van der Waals surface area contributed by atoms with Gasteiger partial charge in [0.25, 0.3) is 5.91 Å². The molecule has 2 aromatic rings. The number of aliphatic imine (C=N–C) groups is 1. The first-order chi connectivity index (χ1) is 18.0. The molecule has 0 radical (unpaired) electrons. The predicted octanol–water partition coefficient (Wildman–Crippen LogP) is 5.36. The highest BCUT2D eigenvalue weighted by Gasteiger charge is 2.52. The number of phenols is 1. The van der Waals surface area contributed by atoms with E-state index < -0.39 is 5.82 Å². The minimum atomic E-state index is -0.572. The van der Waals surface area contributed by atoms with Crippen LogP contribution in [0.2, 0.25) is 0 Å². The summed E-state index contributed by atoms with van der Waals surface area (Å²) in [6.07, 6.45) is 12.2. The fourth-order valence-electron chi connectivity index (χ4n) is 7.74. The lowest BCUT2D eigenvalue weighted by atomic mass is 9.48. The number of phenolic OH excluding ortho intramolecular Hbond substituents is 1. The molecule has 192 valence electrons. The Morgan fingerprint density at radius 1 is 1.03 bits per heavy atom. The molecule has 2 aliphatic heterocycles. The number of aromatic nitrogens is 1. The summed E-state index contributed by atoms with van der Waals surface area (Å²) in [6, 6.07) is 5.33. The SMILES string of the molecule is O=C1N=C(N2CCOCC2)S/C1=C\c1cncc(-c2cc(F)c(O)c(C34CC5CC(CC(C5)C3)C4)c2)c1. The molecule has 1 amide bonds. The van der Waals surface area contributed by atoms with Crippen LogP contribution in [-0.2, 0) is 14.9 Å². The maximum absolute atomic E-state index is 15.2. The first kappa shape index (κ1) is 23.4. The number of nitrogens with zero attached hydrogens (tertiary/aromatic N) is 3. The molecular weight excluding hydrogens is 489 g/mol. The van der Waals surface area contributed by atoms with Crippen molar-refractivity contribution in [3.63, 3.8) is 0 Å². The molecule has 0 unspecified atom stereocenters. The van der Waals surface area contributed by atoms with Crippen LogP contribution in [0.25, 0.3) is 17.2 Å². The number of benzene rings is 1. The summed E-state index contributed by atoms with van der Waals surface area (Å²) >= 11 is 1.37. The van der Waals surface area contributed by atoms with Crippen LogP contribution >= 0.6 is 11.8 Å². The number of ether oxygens (including phenoxy) is 1. The van der Waals surface area contributed by atoms with E-state index in [2.05, 4.69) is 14.9 Å². The van der Waals surface area contributed by atoms with Crippen LogP contribution in [0.4, 0.5) is 4.39 Å². The van der Waals surface area contributed by atoms with E-state index in [1.165, 1.54) is 37.1 Å². The van der Waals surface area contributed by atoms with Crippen molar-refractivity contribution in [2.75, 3.05) is 26.3 Å². The smallest absolute Gasteiger partial charge is 0.286 e. The van der Waals surface area contributed by atoms with E-state index in [4.69, 9.17) is 4.74 Å². The Kier molecular flexibility index (Phi) is 5.66. The highest BCUT2D eigenvalue weighted by atomic mass is 32.2. The number of aromatic hydroxyl groups is 1. The number of morpholine rings is 1. The summed E-state index contributed by atoms with van der Waals surface area (Å²) in [7, 11) is 0. The number of halogens is 1. The number of amidine groups is 1. The topological polar surface area (TPSA) is 75.0 Å². The second-order valence-corrected chi connectivity index (χ2v) is 12.5. The Balaban J connectivity index is 1.19. The molecule has 8 rings (SSSR count). The zero-order valence-electron chi connectivity index (χ0n) is 20.7.